The first kappa shape index (κ1) is 25.8. The highest BCUT2D eigenvalue weighted by atomic mass is 31.3. The van der Waals surface area contributed by atoms with Crippen LogP contribution in [0.3, 0.4) is 0 Å². The van der Waals surface area contributed by atoms with Crippen LogP contribution in [0.25, 0.3) is 11.2 Å². The Balaban J connectivity index is 1.30. The molecule has 2 aliphatic rings. The first-order valence-electron chi connectivity index (χ1n) is 12.2. The molecule has 2 aromatic heterocycles. The SMILES string of the molecule is [2H]C([2H])([2H])C(=O)O[C@H]1C(O)O[C@H](COP(=O)(O)OP(=O)(O)OC[C@H]2O[C@@H](n3cnc4c(N)ncnc43)[C@H](O)[C@@H]2O)[C@H]1O. The minimum atomic E-state index is -5.46. The van der Waals surface area contributed by atoms with Gasteiger partial charge in [-0.1, -0.05) is 0 Å². The highest BCUT2D eigenvalue weighted by molar-refractivity contribution is 7.61. The number of nitrogens with zero attached hydrogens (tertiary/aromatic N) is 4. The van der Waals surface area contributed by atoms with E-state index in [9.17, 15) is 44.1 Å². The van der Waals surface area contributed by atoms with Gasteiger partial charge in [0.15, 0.2) is 30.1 Å². The van der Waals surface area contributed by atoms with Gasteiger partial charge >= 0.3 is 21.6 Å². The number of nitrogens with two attached hydrogens (primary N) is 1. The second kappa shape index (κ2) is 11.4. The van der Waals surface area contributed by atoms with Crippen molar-refractivity contribution in [2.45, 2.75) is 56.0 Å². The van der Waals surface area contributed by atoms with Gasteiger partial charge in [0.05, 0.1) is 19.5 Å². The van der Waals surface area contributed by atoms with Crippen molar-refractivity contribution in [1.82, 2.24) is 19.5 Å². The van der Waals surface area contributed by atoms with Crippen LogP contribution < -0.4 is 5.73 Å². The largest absolute Gasteiger partial charge is 0.481 e. The third-order valence-electron chi connectivity index (χ3n) is 5.56. The number of carbonyl (C=O) groups is 1. The molecule has 8 N–H and O–H groups in total. The lowest BCUT2D eigenvalue weighted by Gasteiger charge is -2.20. The zero-order valence-electron chi connectivity index (χ0n) is 22.3. The topological polar surface area (TPSA) is 298 Å². The van der Waals surface area contributed by atoms with Crippen LogP contribution in [0.15, 0.2) is 12.7 Å². The smallest absolute Gasteiger partial charge is 0.454 e. The number of phosphoric ester groups is 2. The fraction of sp³-hybridized carbons (Fsp3) is 0.647. The van der Waals surface area contributed by atoms with Crippen LogP contribution in [0.1, 0.15) is 17.2 Å². The third-order valence-corrected chi connectivity index (χ3v) is 8.17. The molecule has 2 aromatic rings. The Bertz CT molecular complexity index is 1400. The Hall–Kier alpha value is -2.16. The Morgan fingerprint density at radius 2 is 1.69 bits per heavy atom. The minimum absolute atomic E-state index is 0.0302. The van der Waals surface area contributed by atoms with E-state index in [4.69, 9.17) is 19.3 Å². The van der Waals surface area contributed by atoms with Gasteiger partial charge in [0.2, 0.25) is 0 Å². The second-order valence-electron chi connectivity index (χ2n) is 8.17. The Labute approximate surface area is 222 Å². The Morgan fingerprint density at radius 3 is 2.33 bits per heavy atom. The molecular weight excluding hydrogens is 576 g/mol. The molecule has 3 unspecified atom stereocenters. The van der Waals surface area contributed by atoms with E-state index in [0.717, 1.165) is 6.33 Å². The number of aliphatic hydroxyl groups is 4. The standard InChI is InChI=1S/C17H25N5O15P2/c1-6(23)34-13-11(25)8(36-17(13)27)3-33-39(30,31)37-38(28,29)32-2-7-10(24)12(26)16(35-7)22-5-21-9-14(18)19-4-20-15(9)22/h4-5,7-8,10-13,16-17,24-27H,2-3H2,1H3,(H,28,29)(H,30,31)(H2,18,19,20)/t7-,8-,10-,11-,12-,13-,16-,17?/m1/s1/i1D3. The normalized spacial score (nSPS) is 35.6. The van der Waals surface area contributed by atoms with Crippen LogP contribution in [-0.2, 0) is 41.5 Å². The van der Waals surface area contributed by atoms with Crippen LogP contribution in [-0.4, -0.2) is 112 Å². The van der Waals surface area contributed by atoms with E-state index in [0.29, 0.717) is 0 Å². The van der Waals surface area contributed by atoms with Gasteiger partial charge in [0.1, 0.15) is 42.4 Å². The van der Waals surface area contributed by atoms with E-state index < -0.39 is 90.8 Å². The number of hydrogen-bond donors (Lipinski definition) is 7. The number of anilines is 1. The van der Waals surface area contributed by atoms with Gasteiger partial charge < -0.3 is 50.2 Å². The number of aliphatic hydroxyl groups excluding tert-OH is 4. The summed E-state index contributed by atoms with van der Waals surface area (Å²) in [5.41, 5.74) is 6.03. The molecule has 2 saturated heterocycles. The number of nitrogen functional groups attached to an aromatic ring is 1. The lowest BCUT2D eigenvalue weighted by atomic mass is 10.1. The zero-order valence-corrected chi connectivity index (χ0v) is 21.1. The number of phosphoric acid groups is 2. The first-order chi connectivity index (χ1) is 19.4. The van der Waals surface area contributed by atoms with Crippen molar-refractivity contribution in [3.63, 3.8) is 0 Å². The van der Waals surface area contributed by atoms with Crippen LogP contribution in [0.4, 0.5) is 5.82 Å². The van der Waals surface area contributed by atoms with Crippen molar-refractivity contribution in [3.8, 4) is 0 Å². The molecule has 39 heavy (non-hydrogen) atoms. The summed E-state index contributed by atoms with van der Waals surface area (Å²) in [7, 11) is -10.9. The van der Waals surface area contributed by atoms with Crippen LogP contribution in [0.2, 0.25) is 0 Å². The van der Waals surface area contributed by atoms with E-state index in [-0.39, 0.29) is 17.0 Å². The molecule has 0 aliphatic carbocycles. The fourth-order valence-electron chi connectivity index (χ4n) is 3.77. The monoisotopic (exact) mass is 604 g/mol. The molecule has 10 atom stereocenters. The number of esters is 1. The summed E-state index contributed by atoms with van der Waals surface area (Å²) in [4.78, 5) is 43.0. The van der Waals surface area contributed by atoms with Gasteiger partial charge in [-0.3, -0.25) is 18.4 Å². The van der Waals surface area contributed by atoms with Crippen molar-refractivity contribution in [1.29, 1.82) is 0 Å². The number of ether oxygens (including phenoxy) is 3. The average molecular weight is 604 g/mol. The van der Waals surface area contributed by atoms with Crippen molar-refractivity contribution in [2.75, 3.05) is 18.9 Å². The summed E-state index contributed by atoms with van der Waals surface area (Å²) in [6.45, 7) is -5.25. The van der Waals surface area contributed by atoms with Gasteiger partial charge in [0, 0.05) is 11.0 Å². The lowest BCUT2D eigenvalue weighted by molar-refractivity contribution is -0.170. The molecule has 2 aliphatic heterocycles. The van der Waals surface area contributed by atoms with Crippen molar-refractivity contribution >= 4 is 38.6 Å². The van der Waals surface area contributed by atoms with E-state index >= 15 is 0 Å². The molecule has 0 bridgehead atoms. The maximum Gasteiger partial charge on any atom is 0.481 e. The molecule has 4 heterocycles. The molecular formula is C17H25N5O15P2. The Kier molecular flexibility index (Phi) is 7.52. The van der Waals surface area contributed by atoms with E-state index in [1.165, 1.54) is 10.9 Å². The highest BCUT2D eigenvalue weighted by Crippen LogP contribution is 2.60. The van der Waals surface area contributed by atoms with Gasteiger partial charge in [-0.25, -0.2) is 24.1 Å². The van der Waals surface area contributed by atoms with Gasteiger partial charge in [-0.05, 0) is 0 Å². The molecule has 0 amide bonds. The molecule has 0 aromatic carbocycles. The maximum absolute atomic E-state index is 12.3. The number of fused-ring (bicyclic) bond motifs is 1. The third kappa shape index (κ3) is 6.60. The summed E-state index contributed by atoms with van der Waals surface area (Å²) >= 11 is 0. The molecule has 20 nitrogen and oxygen atoms in total. The summed E-state index contributed by atoms with van der Waals surface area (Å²) < 4.78 is 74.7. The van der Waals surface area contributed by atoms with Gasteiger partial charge in [0.25, 0.3) is 0 Å². The number of aromatic nitrogens is 4. The zero-order chi connectivity index (χ0) is 31.2. The maximum atomic E-state index is 12.3. The predicted octanol–water partition coefficient (Wildman–Crippen LogP) is -2.71. The summed E-state index contributed by atoms with van der Waals surface area (Å²) in [5.74, 6) is -1.74. The molecule has 0 saturated carbocycles. The lowest BCUT2D eigenvalue weighted by Crippen LogP contribution is -2.37. The summed E-state index contributed by atoms with van der Waals surface area (Å²) in [5, 5.41) is 40.7. The van der Waals surface area contributed by atoms with E-state index in [2.05, 4.69) is 33.0 Å². The number of imidazole rings is 1. The van der Waals surface area contributed by atoms with Gasteiger partial charge in [-0.15, -0.1) is 0 Å². The summed E-state index contributed by atoms with van der Waals surface area (Å²) in [6.07, 6.45) is -11.3. The van der Waals surface area contributed by atoms with Gasteiger partial charge in [-0.2, -0.15) is 4.31 Å². The van der Waals surface area contributed by atoms with Crippen LogP contribution in [0, 0.1) is 0 Å². The van der Waals surface area contributed by atoms with E-state index in [1.54, 1.807) is 0 Å². The van der Waals surface area contributed by atoms with E-state index in [1.807, 2.05) is 0 Å². The number of carbonyl (C=O) groups excluding carboxylic acids is 1. The van der Waals surface area contributed by atoms with Crippen molar-refractivity contribution in [2.24, 2.45) is 0 Å². The molecule has 0 spiro atoms. The average Bonchev–Trinajstić information content (AvgIpc) is 3.51. The molecule has 0 radical (unpaired) electrons. The quantitative estimate of drug-likeness (QED) is 0.107. The number of rotatable bonds is 10. The summed E-state index contributed by atoms with van der Waals surface area (Å²) in [6, 6.07) is 0. The fourth-order valence-corrected chi connectivity index (χ4v) is 5.86. The van der Waals surface area contributed by atoms with Crippen LogP contribution in [0.5, 0.6) is 0 Å². The highest BCUT2D eigenvalue weighted by Gasteiger charge is 2.48. The molecule has 4 rings (SSSR count). The number of hydrogen-bond acceptors (Lipinski definition) is 17. The minimum Gasteiger partial charge on any atom is -0.454 e. The molecule has 218 valence electrons. The predicted molar refractivity (Wildman–Crippen MR) is 121 cm³/mol. The van der Waals surface area contributed by atoms with Crippen molar-refractivity contribution in [3.05, 3.63) is 12.7 Å². The Morgan fingerprint density at radius 1 is 1.05 bits per heavy atom. The first-order valence-corrected chi connectivity index (χ1v) is 13.7. The molecule has 2 fully saturated rings. The van der Waals surface area contributed by atoms with Crippen LogP contribution >= 0.6 is 15.6 Å². The van der Waals surface area contributed by atoms with Crippen molar-refractivity contribution < 1.29 is 75.8 Å². The molecule has 22 heteroatoms. The second-order valence-corrected chi connectivity index (χ2v) is 11.2.